The van der Waals surface area contributed by atoms with Gasteiger partial charge in [0.15, 0.2) is 0 Å². The highest BCUT2D eigenvalue weighted by atomic mass is 32.2. The molecule has 0 radical (unpaired) electrons. The van der Waals surface area contributed by atoms with E-state index in [0.29, 0.717) is 12.1 Å². The summed E-state index contributed by atoms with van der Waals surface area (Å²) in [5.74, 6) is -0.108. The topological polar surface area (TPSA) is 72.5 Å². The average molecular weight is 333 g/mol. The number of carbonyl (C=O) groups is 1. The fraction of sp³-hybridized carbons (Fsp3) is 0.353. The van der Waals surface area contributed by atoms with Crippen LogP contribution in [-0.4, -0.2) is 27.5 Å². The number of hydrogen-bond donors (Lipinski definition) is 1. The molecule has 2 aliphatic rings. The van der Waals surface area contributed by atoms with Gasteiger partial charge >= 0.3 is 0 Å². The van der Waals surface area contributed by atoms with E-state index in [1.165, 1.54) is 0 Å². The van der Waals surface area contributed by atoms with Gasteiger partial charge in [-0.1, -0.05) is 35.9 Å². The molecular formula is C17H19NO4S. The molecule has 1 amide bonds. The van der Waals surface area contributed by atoms with Gasteiger partial charge in [0.25, 0.3) is 10.1 Å². The van der Waals surface area contributed by atoms with E-state index in [1.807, 2.05) is 19.1 Å². The molecule has 0 bridgehead atoms. The van der Waals surface area contributed by atoms with Crippen molar-refractivity contribution in [3.63, 3.8) is 0 Å². The van der Waals surface area contributed by atoms with Crippen molar-refractivity contribution in [2.45, 2.75) is 18.2 Å². The van der Waals surface area contributed by atoms with Crippen LogP contribution in [0.2, 0.25) is 0 Å². The van der Waals surface area contributed by atoms with Crippen LogP contribution in [0.25, 0.3) is 0 Å². The van der Waals surface area contributed by atoms with Crippen LogP contribution < -0.4 is 5.32 Å². The molecule has 1 aromatic carbocycles. The number of fused-ring (bicyclic) bond motifs is 1. The molecule has 1 aliphatic heterocycles. The Morgan fingerprint density at radius 1 is 1.26 bits per heavy atom. The number of rotatable bonds is 4. The van der Waals surface area contributed by atoms with Crippen molar-refractivity contribution in [3.05, 3.63) is 53.6 Å². The summed E-state index contributed by atoms with van der Waals surface area (Å²) in [4.78, 5) is 12.0. The van der Waals surface area contributed by atoms with Crippen molar-refractivity contribution in [2.75, 3.05) is 13.2 Å². The van der Waals surface area contributed by atoms with Crippen LogP contribution in [0.4, 0.5) is 0 Å². The molecular weight excluding hydrogens is 314 g/mol. The van der Waals surface area contributed by atoms with E-state index in [-0.39, 0.29) is 29.2 Å². The van der Waals surface area contributed by atoms with Crippen molar-refractivity contribution in [1.29, 1.82) is 0 Å². The average Bonchev–Trinajstić information content (AvgIpc) is 2.55. The highest BCUT2D eigenvalue weighted by molar-refractivity contribution is 7.86. The summed E-state index contributed by atoms with van der Waals surface area (Å²) in [6, 6.07) is 6.57. The number of piperidine rings is 1. The second-order valence-corrected chi connectivity index (χ2v) is 7.53. The summed E-state index contributed by atoms with van der Waals surface area (Å²) in [6.07, 6.45) is 6.38. The molecule has 23 heavy (non-hydrogen) atoms. The molecule has 0 unspecified atom stereocenters. The molecule has 1 N–H and O–H groups in total. The normalized spacial score (nSPS) is 23.9. The first-order valence-corrected chi connectivity index (χ1v) is 8.99. The molecule has 0 spiro atoms. The fourth-order valence-electron chi connectivity index (χ4n) is 2.93. The Hall–Kier alpha value is -1.92. The van der Waals surface area contributed by atoms with Crippen LogP contribution in [0.1, 0.15) is 12.0 Å². The van der Waals surface area contributed by atoms with E-state index < -0.39 is 10.1 Å². The predicted molar refractivity (Wildman–Crippen MR) is 86.1 cm³/mol. The van der Waals surface area contributed by atoms with Crippen molar-refractivity contribution in [1.82, 2.24) is 5.32 Å². The number of nitrogens with one attached hydrogen (secondary N) is 1. The van der Waals surface area contributed by atoms with E-state index >= 15 is 0 Å². The van der Waals surface area contributed by atoms with E-state index in [9.17, 15) is 13.2 Å². The van der Waals surface area contributed by atoms with Gasteiger partial charge in [-0.2, -0.15) is 8.42 Å². The molecule has 1 fully saturated rings. The molecule has 1 heterocycles. The number of carbonyl (C=O) groups excluding carboxylic acids is 1. The largest absolute Gasteiger partial charge is 0.352 e. The minimum absolute atomic E-state index is 0.0157. The zero-order valence-corrected chi connectivity index (χ0v) is 13.7. The van der Waals surface area contributed by atoms with Crippen LogP contribution in [-0.2, 0) is 19.1 Å². The first kappa shape index (κ1) is 16.0. The Morgan fingerprint density at radius 2 is 2.00 bits per heavy atom. The quantitative estimate of drug-likeness (QED) is 0.855. The van der Waals surface area contributed by atoms with Gasteiger partial charge < -0.3 is 5.32 Å². The van der Waals surface area contributed by atoms with Crippen LogP contribution in [0.15, 0.2) is 53.0 Å². The predicted octanol–water partition coefficient (Wildman–Crippen LogP) is 1.95. The molecule has 122 valence electrons. The maximum absolute atomic E-state index is 12.3. The van der Waals surface area contributed by atoms with Crippen LogP contribution in [0.3, 0.4) is 0 Å². The van der Waals surface area contributed by atoms with E-state index in [4.69, 9.17) is 4.18 Å². The minimum atomic E-state index is -3.78. The number of amides is 1. The molecule has 0 saturated carbocycles. The molecule has 1 aromatic rings. The van der Waals surface area contributed by atoms with Crippen LogP contribution >= 0.6 is 0 Å². The van der Waals surface area contributed by atoms with Gasteiger partial charge in [-0.25, -0.2) is 0 Å². The lowest BCUT2D eigenvalue weighted by molar-refractivity contribution is -0.120. The number of benzene rings is 1. The molecule has 1 saturated heterocycles. The van der Waals surface area contributed by atoms with Gasteiger partial charge in [0.05, 0.1) is 11.5 Å². The van der Waals surface area contributed by atoms with Gasteiger partial charge in [-0.3, -0.25) is 8.98 Å². The van der Waals surface area contributed by atoms with Gasteiger partial charge in [0, 0.05) is 18.0 Å². The lowest BCUT2D eigenvalue weighted by Crippen LogP contribution is -2.45. The van der Waals surface area contributed by atoms with Gasteiger partial charge in [0.1, 0.15) is 0 Å². The van der Waals surface area contributed by atoms with Crippen LogP contribution in [0.5, 0.6) is 0 Å². The minimum Gasteiger partial charge on any atom is -0.352 e. The van der Waals surface area contributed by atoms with Crippen molar-refractivity contribution in [2.24, 2.45) is 11.8 Å². The number of aryl methyl sites for hydroxylation is 1. The Bertz CT molecular complexity index is 762. The lowest BCUT2D eigenvalue weighted by Gasteiger charge is -2.33. The Morgan fingerprint density at radius 3 is 2.74 bits per heavy atom. The fourth-order valence-corrected chi connectivity index (χ4v) is 3.89. The SMILES string of the molecule is Cc1ccc(S(=O)(=O)OC[C@@H]2CNC(=O)C3=CC=CC[C@@H]32)cc1. The second kappa shape index (κ2) is 6.29. The summed E-state index contributed by atoms with van der Waals surface area (Å²) >= 11 is 0. The van der Waals surface area contributed by atoms with Crippen molar-refractivity contribution in [3.8, 4) is 0 Å². The molecule has 5 nitrogen and oxygen atoms in total. The zero-order valence-electron chi connectivity index (χ0n) is 12.9. The molecule has 0 aromatic heterocycles. The third-order valence-electron chi connectivity index (χ3n) is 4.30. The number of hydrogen-bond acceptors (Lipinski definition) is 4. The molecule has 6 heteroatoms. The summed E-state index contributed by atoms with van der Waals surface area (Å²) in [5, 5.41) is 2.80. The zero-order chi connectivity index (χ0) is 16.4. The monoisotopic (exact) mass is 333 g/mol. The maximum atomic E-state index is 12.3. The molecule has 1 aliphatic carbocycles. The Kier molecular flexibility index (Phi) is 4.37. The summed E-state index contributed by atoms with van der Waals surface area (Å²) in [6.45, 7) is 2.39. The third kappa shape index (κ3) is 3.38. The van der Waals surface area contributed by atoms with Crippen molar-refractivity contribution < 1.29 is 17.4 Å². The van der Waals surface area contributed by atoms with Gasteiger partial charge in [-0.15, -0.1) is 0 Å². The highest BCUT2D eigenvalue weighted by Crippen LogP contribution is 2.32. The summed E-state index contributed by atoms with van der Waals surface area (Å²) < 4.78 is 29.8. The third-order valence-corrected chi connectivity index (χ3v) is 5.60. The summed E-state index contributed by atoms with van der Waals surface area (Å²) in [7, 11) is -3.78. The van der Waals surface area contributed by atoms with Gasteiger partial charge in [0.2, 0.25) is 5.91 Å². The van der Waals surface area contributed by atoms with E-state index in [2.05, 4.69) is 5.32 Å². The lowest BCUT2D eigenvalue weighted by atomic mass is 9.78. The highest BCUT2D eigenvalue weighted by Gasteiger charge is 2.35. The summed E-state index contributed by atoms with van der Waals surface area (Å²) in [5.41, 5.74) is 1.70. The first-order valence-electron chi connectivity index (χ1n) is 7.58. The second-order valence-electron chi connectivity index (χ2n) is 5.91. The number of allylic oxidation sites excluding steroid dienone is 3. The standard InChI is InChI=1S/C17H19NO4S/c1-12-6-8-14(9-7-12)23(20,21)22-11-13-10-18-17(19)16-5-3-2-4-15(13)16/h2-3,5-9,13,15H,4,10-11H2,1H3,(H,18,19)/t13-,15+/m0/s1. The Labute approximate surface area is 136 Å². The van der Waals surface area contributed by atoms with Crippen molar-refractivity contribution >= 4 is 16.0 Å². The maximum Gasteiger partial charge on any atom is 0.296 e. The van der Waals surface area contributed by atoms with Crippen LogP contribution in [0, 0.1) is 18.8 Å². The van der Waals surface area contributed by atoms with Gasteiger partial charge in [-0.05, 0) is 31.4 Å². The smallest absolute Gasteiger partial charge is 0.296 e. The molecule has 3 rings (SSSR count). The van der Waals surface area contributed by atoms with E-state index in [0.717, 1.165) is 12.0 Å². The first-order chi connectivity index (χ1) is 11.0. The van der Waals surface area contributed by atoms with E-state index in [1.54, 1.807) is 30.3 Å². The Balaban J connectivity index is 1.70. The molecule has 2 atom stereocenters.